The zero-order chi connectivity index (χ0) is 18.6. The summed E-state index contributed by atoms with van der Waals surface area (Å²) in [7, 11) is 1.60. The molecule has 3 amide bonds. The van der Waals surface area contributed by atoms with Crippen molar-refractivity contribution < 1.29 is 23.9 Å². The number of rotatable bonds is 5. The van der Waals surface area contributed by atoms with Crippen molar-refractivity contribution in [2.75, 3.05) is 7.11 Å². The maximum atomic E-state index is 12.2. The highest BCUT2D eigenvalue weighted by atomic mass is 16.5. The van der Waals surface area contributed by atoms with Gasteiger partial charge in [0.15, 0.2) is 6.10 Å². The van der Waals surface area contributed by atoms with Crippen molar-refractivity contribution in [2.24, 2.45) is 5.73 Å². The number of amides is 3. The molecule has 0 aliphatic heterocycles. The number of imide groups is 1. The number of urea groups is 1. The second kappa shape index (κ2) is 7.65. The minimum absolute atomic E-state index is 0.569. The smallest absolute Gasteiger partial charge is 0.318 e. The van der Waals surface area contributed by atoms with E-state index in [0.29, 0.717) is 0 Å². The van der Waals surface area contributed by atoms with Crippen LogP contribution in [0.1, 0.15) is 25.3 Å². The Hall–Kier alpha value is -3.09. The first kappa shape index (κ1) is 18.3. The molecule has 2 aromatic carbocycles. The molecule has 7 nitrogen and oxygen atoms in total. The third-order valence-electron chi connectivity index (χ3n) is 3.83. The molecule has 132 valence electrons. The molecule has 0 aromatic heterocycles. The van der Waals surface area contributed by atoms with Crippen LogP contribution in [0.2, 0.25) is 0 Å². The molecule has 0 unspecified atom stereocenters. The van der Waals surface area contributed by atoms with Crippen LogP contribution in [0.5, 0.6) is 5.75 Å². The molecule has 25 heavy (non-hydrogen) atoms. The number of hydrogen-bond donors (Lipinski definition) is 2. The van der Waals surface area contributed by atoms with Gasteiger partial charge >= 0.3 is 12.0 Å². The molecule has 0 saturated carbocycles. The Morgan fingerprint density at radius 3 is 2.32 bits per heavy atom. The van der Waals surface area contributed by atoms with E-state index >= 15 is 0 Å². The van der Waals surface area contributed by atoms with Crippen LogP contribution in [-0.4, -0.2) is 31.1 Å². The van der Waals surface area contributed by atoms with Crippen molar-refractivity contribution in [2.45, 2.75) is 25.9 Å². The number of carbonyl (C=O) groups is 3. The summed E-state index contributed by atoms with van der Waals surface area (Å²) >= 11 is 0. The number of ether oxygens (including phenoxy) is 2. The lowest BCUT2D eigenvalue weighted by atomic mass is 9.98. The lowest BCUT2D eigenvalue weighted by Crippen LogP contribution is -2.42. The molecular weight excluding hydrogens is 324 g/mol. The molecular formula is C18H20N2O5. The summed E-state index contributed by atoms with van der Waals surface area (Å²) in [6.45, 7) is 3.06. The average molecular weight is 344 g/mol. The van der Waals surface area contributed by atoms with Gasteiger partial charge in [-0.25, -0.2) is 4.79 Å². The number of benzene rings is 2. The second-order valence-electron chi connectivity index (χ2n) is 5.63. The summed E-state index contributed by atoms with van der Waals surface area (Å²) in [6.07, 6.45) is -1.12. The topological polar surface area (TPSA) is 108 Å². The SMILES string of the molecule is COc1ccc2cc([C@H](C)C(=O)O[C@@H](C)C(=O)NC(N)=O)ccc2c1. The quantitative estimate of drug-likeness (QED) is 0.807. The number of carbonyl (C=O) groups excluding carboxylic acids is 3. The minimum Gasteiger partial charge on any atom is -0.497 e. The Kier molecular flexibility index (Phi) is 5.59. The summed E-state index contributed by atoms with van der Waals surface area (Å²) in [4.78, 5) is 34.5. The lowest BCUT2D eigenvalue weighted by molar-refractivity contribution is -0.155. The van der Waals surface area contributed by atoms with Gasteiger partial charge in [0.2, 0.25) is 0 Å². The number of hydrogen-bond acceptors (Lipinski definition) is 5. The molecule has 3 N–H and O–H groups in total. The van der Waals surface area contributed by atoms with Crippen LogP contribution in [0.3, 0.4) is 0 Å². The van der Waals surface area contributed by atoms with Gasteiger partial charge in [-0.3, -0.25) is 14.9 Å². The summed E-state index contributed by atoms with van der Waals surface area (Å²) in [5.74, 6) is -1.16. The van der Waals surface area contributed by atoms with E-state index in [1.165, 1.54) is 6.92 Å². The molecule has 2 atom stereocenters. The first-order valence-corrected chi connectivity index (χ1v) is 7.70. The van der Waals surface area contributed by atoms with E-state index in [0.717, 1.165) is 22.1 Å². The lowest BCUT2D eigenvalue weighted by Gasteiger charge is -2.16. The molecule has 7 heteroatoms. The number of primary amides is 1. The van der Waals surface area contributed by atoms with Crippen LogP contribution in [0.4, 0.5) is 4.79 Å². The predicted molar refractivity (Wildman–Crippen MR) is 92.2 cm³/mol. The number of esters is 1. The Bertz CT molecular complexity index is 818. The van der Waals surface area contributed by atoms with Crippen LogP contribution in [0, 0.1) is 0 Å². The summed E-state index contributed by atoms with van der Waals surface area (Å²) in [5.41, 5.74) is 5.62. The number of fused-ring (bicyclic) bond motifs is 1. The van der Waals surface area contributed by atoms with Gasteiger partial charge in [-0.1, -0.05) is 24.3 Å². The third kappa shape index (κ3) is 4.47. The number of nitrogens with two attached hydrogens (primary N) is 1. The van der Waals surface area contributed by atoms with Gasteiger partial charge in [0, 0.05) is 0 Å². The van der Waals surface area contributed by atoms with E-state index in [2.05, 4.69) is 0 Å². The fourth-order valence-corrected chi connectivity index (χ4v) is 2.33. The fraction of sp³-hybridized carbons (Fsp3) is 0.278. The summed E-state index contributed by atoms with van der Waals surface area (Å²) in [5, 5.41) is 3.81. The fourth-order valence-electron chi connectivity index (χ4n) is 2.33. The Morgan fingerprint density at radius 2 is 1.68 bits per heavy atom. The van der Waals surface area contributed by atoms with Gasteiger partial charge in [0.05, 0.1) is 13.0 Å². The van der Waals surface area contributed by atoms with Gasteiger partial charge in [-0.05, 0) is 42.3 Å². The van der Waals surface area contributed by atoms with Crippen LogP contribution < -0.4 is 15.8 Å². The van der Waals surface area contributed by atoms with E-state index in [1.807, 2.05) is 41.7 Å². The van der Waals surface area contributed by atoms with Gasteiger partial charge in [-0.2, -0.15) is 0 Å². The Morgan fingerprint density at radius 1 is 1.04 bits per heavy atom. The van der Waals surface area contributed by atoms with E-state index in [9.17, 15) is 14.4 Å². The highest BCUT2D eigenvalue weighted by Gasteiger charge is 2.23. The van der Waals surface area contributed by atoms with Crippen LogP contribution in [0.25, 0.3) is 10.8 Å². The molecule has 2 rings (SSSR count). The van der Waals surface area contributed by atoms with E-state index < -0.39 is 29.9 Å². The van der Waals surface area contributed by atoms with Crippen LogP contribution in [0.15, 0.2) is 36.4 Å². The standard InChI is InChI=1S/C18H20N2O5/c1-10(17(22)25-11(2)16(21)20-18(19)23)12-4-5-14-9-15(24-3)7-6-13(14)8-12/h4-11H,1-3H3,(H3,19,20,21,23)/t10-,11-/m0/s1. The molecule has 0 saturated heterocycles. The summed E-state index contributed by atoms with van der Waals surface area (Å²) < 4.78 is 10.3. The van der Waals surface area contributed by atoms with Gasteiger partial charge in [0.1, 0.15) is 5.75 Å². The van der Waals surface area contributed by atoms with Crippen molar-refractivity contribution in [1.29, 1.82) is 0 Å². The van der Waals surface area contributed by atoms with Crippen molar-refractivity contribution in [1.82, 2.24) is 5.32 Å². The average Bonchev–Trinajstić information content (AvgIpc) is 2.59. The largest absolute Gasteiger partial charge is 0.497 e. The first-order valence-electron chi connectivity index (χ1n) is 7.70. The number of nitrogens with one attached hydrogen (secondary N) is 1. The Balaban J connectivity index is 2.12. The molecule has 0 heterocycles. The molecule has 0 radical (unpaired) electrons. The molecule has 0 spiro atoms. The third-order valence-corrected chi connectivity index (χ3v) is 3.83. The Labute approximate surface area is 145 Å². The molecule has 0 fully saturated rings. The molecule has 0 aliphatic rings. The van der Waals surface area contributed by atoms with Crippen molar-refractivity contribution in [3.8, 4) is 5.75 Å². The first-order chi connectivity index (χ1) is 11.8. The molecule has 0 bridgehead atoms. The molecule has 2 aromatic rings. The van der Waals surface area contributed by atoms with Gasteiger partial charge in [0.25, 0.3) is 5.91 Å². The highest BCUT2D eigenvalue weighted by molar-refractivity contribution is 5.96. The summed E-state index contributed by atoms with van der Waals surface area (Å²) in [6, 6.07) is 10.2. The van der Waals surface area contributed by atoms with Gasteiger partial charge in [-0.15, -0.1) is 0 Å². The van der Waals surface area contributed by atoms with Crippen LogP contribution in [-0.2, 0) is 14.3 Å². The maximum Gasteiger partial charge on any atom is 0.318 e. The highest BCUT2D eigenvalue weighted by Crippen LogP contribution is 2.26. The zero-order valence-corrected chi connectivity index (χ0v) is 14.2. The van der Waals surface area contributed by atoms with Crippen LogP contribution >= 0.6 is 0 Å². The van der Waals surface area contributed by atoms with Crippen molar-refractivity contribution >= 4 is 28.7 Å². The van der Waals surface area contributed by atoms with E-state index in [4.69, 9.17) is 15.2 Å². The predicted octanol–water partition coefficient (Wildman–Crippen LogP) is 2.08. The normalized spacial score (nSPS) is 12.9. The molecule has 0 aliphatic carbocycles. The van der Waals surface area contributed by atoms with Crippen molar-refractivity contribution in [3.63, 3.8) is 0 Å². The van der Waals surface area contributed by atoms with E-state index in [-0.39, 0.29) is 0 Å². The second-order valence-corrected chi connectivity index (χ2v) is 5.63. The zero-order valence-electron chi connectivity index (χ0n) is 14.2. The monoisotopic (exact) mass is 344 g/mol. The van der Waals surface area contributed by atoms with Gasteiger partial charge < -0.3 is 15.2 Å². The number of methoxy groups -OCH3 is 1. The maximum absolute atomic E-state index is 12.2. The van der Waals surface area contributed by atoms with Crippen molar-refractivity contribution in [3.05, 3.63) is 42.0 Å². The van der Waals surface area contributed by atoms with E-state index in [1.54, 1.807) is 14.0 Å². The minimum atomic E-state index is -1.12.